The van der Waals surface area contributed by atoms with Gasteiger partial charge in [-0.3, -0.25) is 0 Å². The number of aromatic hydroxyl groups is 1. The Balaban J connectivity index is 2.22. The molecule has 1 fully saturated rings. The third-order valence-corrected chi connectivity index (χ3v) is 2.59. The monoisotopic (exact) mass is 177 g/mol. The van der Waals surface area contributed by atoms with E-state index in [1.54, 1.807) is 0 Å². The zero-order chi connectivity index (χ0) is 9.26. The second-order valence-corrected chi connectivity index (χ2v) is 3.71. The number of rotatable bonds is 3. The Bertz CT molecular complexity index is 305. The van der Waals surface area contributed by atoms with Gasteiger partial charge >= 0.3 is 0 Å². The lowest BCUT2D eigenvalue weighted by atomic mass is 10.1. The molecule has 0 radical (unpaired) electrons. The molecule has 2 nitrogen and oxygen atoms in total. The second-order valence-electron chi connectivity index (χ2n) is 3.71. The molecule has 0 atom stereocenters. The lowest BCUT2D eigenvalue weighted by Gasteiger charge is -2.08. The molecule has 2 rings (SSSR count). The molecule has 0 bridgehead atoms. The minimum Gasteiger partial charge on any atom is -0.505 e. The van der Waals surface area contributed by atoms with Crippen molar-refractivity contribution in [2.45, 2.75) is 19.3 Å². The van der Waals surface area contributed by atoms with Gasteiger partial charge in [0.1, 0.15) is 5.75 Å². The molecule has 1 aromatic carbocycles. The summed E-state index contributed by atoms with van der Waals surface area (Å²) in [5, 5.41) is 12.8. The lowest BCUT2D eigenvalue weighted by Crippen LogP contribution is -1.93. The summed E-state index contributed by atoms with van der Waals surface area (Å²) in [6, 6.07) is 5.89. The van der Waals surface area contributed by atoms with E-state index in [1.807, 2.05) is 25.2 Å². The summed E-state index contributed by atoms with van der Waals surface area (Å²) >= 11 is 0. The zero-order valence-electron chi connectivity index (χ0n) is 7.88. The van der Waals surface area contributed by atoms with E-state index in [4.69, 9.17) is 0 Å². The number of phenolic OH excluding ortho intramolecular Hbond substituents is 1. The molecule has 1 aliphatic carbocycles. The highest BCUT2D eigenvalue weighted by atomic mass is 16.3. The van der Waals surface area contributed by atoms with Crippen LogP contribution >= 0.6 is 0 Å². The number of benzene rings is 1. The maximum absolute atomic E-state index is 9.80. The van der Waals surface area contributed by atoms with Crippen molar-refractivity contribution in [1.29, 1.82) is 0 Å². The maximum atomic E-state index is 9.80. The van der Waals surface area contributed by atoms with E-state index in [0.717, 1.165) is 23.6 Å². The van der Waals surface area contributed by atoms with E-state index in [9.17, 15) is 5.11 Å². The summed E-state index contributed by atoms with van der Waals surface area (Å²) < 4.78 is 0. The fourth-order valence-electron chi connectivity index (χ4n) is 1.59. The first-order valence-electron chi connectivity index (χ1n) is 4.80. The second kappa shape index (κ2) is 3.29. The molecule has 0 saturated heterocycles. The lowest BCUT2D eigenvalue weighted by molar-refractivity contribution is 0.468. The Hall–Kier alpha value is -1.18. The fraction of sp³-hybridized carbons (Fsp3) is 0.455. The first-order chi connectivity index (χ1) is 6.31. The van der Waals surface area contributed by atoms with E-state index in [2.05, 4.69) is 5.32 Å². The van der Waals surface area contributed by atoms with Crippen molar-refractivity contribution in [3.05, 3.63) is 23.8 Å². The Morgan fingerprint density at radius 1 is 1.46 bits per heavy atom. The van der Waals surface area contributed by atoms with Crippen LogP contribution in [0.2, 0.25) is 0 Å². The van der Waals surface area contributed by atoms with E-state index in [0.29, 0.717) is 5.75 Å². The number of phenols is 1. The summed E-state index contributed by atoms with van der Waals surface area (Å²) in [7, 11) is 1.83. The predicted octanol–water partition coefficient (Wildman–Crippen LogP) is 2.39. The topological polar surface area (TPSA) is 32.3 Å². The van der Waals surface area contributed by atoms with Crippen LogP contribution in [0.25, 0.3) is 0 Å². The number of anilines is 1. The Kier molecular flexibility index (Phi) is 2.13. The minimum atomic E-state index is 0.428. The van der Waals surface area contributed by atoms with Gasteiger partial charge in [-0.2, -0.15) is 0 Å². The van der Waals surface area contributed by atoms with Crippen molar-refractivity contribution < 1.29 is 5.11 Å². The molecule has 1 aromatic rings. The summed E-state index contributed by atoms with van der Waals surface area (Å²) in [6.07, 6.45) is 3.67. The van der Waals surface area contributed by atoms with Crippen LogP contribution in [0.1, 0.15) is 18.4 Å². The molecule has 0 unspecified atom stereocenters. The molecular weight excluding hydrogens is 162 g/mol. The van der Waals surface area contributed by atoms with Crippen molar-refractivity contribution in [2.24, 2.45) is 5.92 Å². The van der Waals surface area contributed by atoms with Gasteiger partial charge in [-0.05, 0) is 36.8 Å². The third-order valence-electron chi connectivity index (χ3n) is 2.59. The SMILES string of the molecule is CNc1cccc(CC2CC2)c1O. The third kappa shape index (κ3) is 1.77. The normalized spacial score (nSPS) is 15.8. The fourth-order valence-corrected chi connectivity index (χ4v) is 1.59. The molecule has 1 saturated carbocycles. The number of nitrogens with one attached hydrogen (secondary N) is 1. The highest BCUT2D eigenvalue weighted by molar-refractivity contribution is 5.59. The summed E-state index contributed by atoms with van der Waals surface area (Å²) in [4.78, 5) is 0. The van der Waals surface area contributed by atoms with Gasteiger partial charge in [0.15, 0.2) is 0 Å². The quantitative estimate of drug-likeness (QED) is 0.695. The first-order valence-corrected chi connectivity index (χ1v) is 4.80. The molecule has 0 spiro atoms. The summed E-state index contributed by atoms with van der Waals surface area (Å²) in [6.45, 7) is 0. The molecule has 2 heteroatoms. The molecule has 70 valence electrons. The molecule has 1 aliphatic rings. The van der Waals surface area contributed by atoms with E-state index in [1.165, 1.54) is 12.8 Å². The summed E-state index contributed by atoms with van der Waals surface area (Å²) in [5.41, 5.74) is 1.91. The maximum Gasteiger partial charge on any atom is 0.141 e. The van der Waals surface area contributed by atoms with Crippen molar-refractivity contribution >= 4 is 5.69 Å². The van der Waals surface area contributed by atoms with Gasteiger partial charge in [0.2, 0.25) is 0 Å². The Morgan fingerprint density at radius 2 is 2.23 bits per heavy atom. The predicted molar refractivity (Wildman–Crippen MR) is 54.1 cm³/mol. The van der Waals surface area contributed by atoms with Gasteiger partial charge in [-0.25, -0.2) is 0 Å². The van der Waals surface area contributed by atoms with Crippen LogP contribution in [0.3, 0.4) is 0 Å². The highest BCUT2D eigenvalue weighted by Gasteiger charge is 2.23. The number of para-hydroxylation sites is 1. The van der Waals surface area contributed by atoms with Crippen LogP contribution in [0, 0.1) is 5.92 Å². The smallest absolute Gasteiger partial charge is 0.141 e. The van der Waals surface area contributed by atoms with Crippen molar-refractivity contribution in [1.82, 2.24) is 0 Å². The van der Waals surface area contributed by atoms with E-state index >= 15 is 0 Å². The van der Waals surface area contributed by atoms with Crippen LogP contribution in [0.15, 0.2) is 18.2 Å². The average molecular weight is 177 g/mol. The van der Waals surface area contributed by atoms with Crippen LogP contribution in [0.5, 0.6) is 5.75 Å². The standard InChI is InChI=1S/C11H15NO/c1-12-10-4-2-3-9(11(10)13)7-8-5-6-8/h2-4,8,12-13H,5-7H2,1H3. The van der Waals surface area contributed by atoms with Crippen LogP contribution in [-0.4, -0.2) is 12.2 Å². The first kappa shape index (κ1) is 8.42. The minimum absolute atomic E-state index is 0.428. The molecule has 13 heavy (non-hydrogen) atoms. The zero-order valence-corrected chi connectivity index (χ0v) is 7.88. The van der Waals surface area contributed by atoms with Gasteiger partial charge < -0.3 is 10.4 Å². The summed E-state index contributed by atoms with van der Waals surface area (Å²) in [5.74, 6) is 1.25. The number of hydrogen-bond donors (Lipinski definition) is 2. The van der Waals surface area contributed by atoms with Gasteiger partial charge in [-0.1, -0.05) is 12.1 Å². The van der Waals surface area contributed by atoms with Gasteiger partial charge in [0.25, 0.3) is 0 Å². The molecule has 0 aromatic heterocycles. The molecule has 2 N–H and O–H groups in total. The molecule has 0 amide bonds. The van der Waals surface area contributed by atoms with Gasteiger partial charge in [0, 0.05) is 7.05 Å². The molecule has 0 heterocycles. The highest BCUT2D eigenvalue weighted by Crippen LogP contribution is 2.37. The average Bonchev–Trinajstić information content (AvgIpc) is 2.92. The Morgan fingerprint density at radius 3 is 2.85 bits per heavy atom. The van der Waals surface area contributed by atoms with Gasteiger partial charge in [0.05, 0.1) is 5.69 Å². The van der Waals surface area contributed by atoms with Gasteiger partial charge in [-0.15, -0.1) is 0 Å². The van der Waals surface area contributed by atoms with E-state index < -0.39 is 0 Å². The molecule has 0 aliphatic heterocycles. The van der Waals surface area contributed by atoms with E-state index in [-0.39, 0.29) is 0 Å². The van der Waals surface area contributed by atoms with Crippen LogP contribution in [-0.2, 0) is 6.42 Å². The largest absolute Gasteiger partial charge is 0.505 e. The van der Waals surface area contributed by atoms with Crippen LogP contribution in [0.4, 0.5) is 5.69 Å². The van der Waals surface area contributed by atoms with Crippen molar-refractivity contribution in [3.8, 4) is 5.75 Å². The Labute approximate surface area is 78.6 Å². The van der Waals surface area contributed by atoms with Crippen molar-refractivity contribution in [3.63, 3.8) is 0 Å². The van der Waals surface area contributed by atoms with Crippen LogP contribution < -0.4 is 5.32 Å². The number of hydrogen-bond acceptors (Lipinski definition) is 2. The molecular formula is C11H15NO. The van der Waals surface area contributed by atoms with Crippen molar-refractivity contribution in [2.75, 3.05) is 12.4 Å².